The Morgan fingerprint density at radius 3 is 2.50 bits per heavy atom. The van der Waals surface area contributed by atoms with Gasteiger partial charge in [-0.1, -0.05) is 24.3 Å². The zero-order valence-corrected chi connectivity index (χ0v) is 14.5. The largest absolute Gasteiger partial charge is 0.543 e. The summed E-state index contributed by atoms with van der Waals surface area (Å²) in [5.41, 5.74) is -0.538. The fraction of sp³-hybridized carbons (Fsp3) is 0.111. The van der Waals surface area contributed by atoms with E-state index in [1.165, 1.54) is 30.3 Å². The van der Waals surface area contributed by atoms with Crippen molar-refractivity contribution in [3.05, 3.63) is 74.2 Å². The lowest BCUT2D eigenvalue weighted by molar-refractivity contribution is -0.384. The third-order valence-corrected chi connectivity index (χ3v) is 4.06. The van der Waals surface area contributed by atoms with Crippen LogP contribution < -0.4 is 16.0 Å². The number of hydrogen-bond donors (Lipinski definition) is 1. The van der Waals surface area contributed by atoms with Crippen LogP contribution in [-0.4, -0.2) is 26.6 Å². The number of aryl methyl sites for hydroxylation is 1. The van der Waals surface area contributed by atoms with Gasteiger partial charge in [0.15, 0.2) is 0 Å². The molecule has 0 aliphatic heterocycles. The van der Waals surface area contributed by atoms with E-state index in [0.717, 1.165) is 4.68 Å². The lowest BCUT2D eigenvalue weighted by Gasteiger charge is -2.12. The lowest BCUT2D eigenvalue weighted by atomic mass is 10.1. The highest BCUT2D eigenvalue weighted by Gasteiger charge is 2.15. The van der Waals surface area contributed by atoms with Crippen LogP contribution in [0.2, 0.25) is 0 Å². The van der Waals surface area contributed by atoms with Gasteiger partial charge >= 0.3 is 0 Å². The quantitative estimate of drug-likeness (QED) is 0.503. The van der Waals surface area contributed by atoms with Gasteiger partial charge in [-0.05, 0) is 18.6 Å². The number of nitrogens with one attached hydrogen (secondary N) is 1. The Morgan fingerprint density at radius 1 is 1.18 bits per heavy atom. The van der Waals surface area contributed by atoms with E-state index in [1.807, 2.05) is 0 Å². The van der Waals surface area contributed by atoms with Crippen molar-refractivity contribution < 1.29 is 19.6 Å². The number of carboxylic acids is 1. The van der Waals surface area contributed by atoms with Gasteiger partial charge in [-0.15, -0.1) is 0 Å². The summed E-state index contributed by atoms with van der Waals surface area (Å²) < 4.78 is 0.718. The minimum atomic E-state index is -1.58. The molecule has 10 nitrogen and oxygen atoms in total. The molecule has 1 amide bonds. The van der Waals surface area contributed by atoms with E-state index in [2.05, 4.69) is 10.4 Å². The van der Waals surface area contributed by atoms with Crippen LogP contribution in [0.4, 0.5) is 11.4 Å². The molecule has 0 spiro atoms. The maximum Gasteiger partial charge on any atom is 0.275 e. The number of aromatic nitrogens is 2. The molecule has 3 aromatic rings. The maximum absolute atomic E-state index is 12.5. The Bertz CT molecular complexity index is 1180. The van der Waals surface area contributed by atoms with E-state index in [4.69, 9.17) is 0 Å². The van der Waals surface area contributed by atoms with Gasteiger partial charge in [0, 0.05) is 17.5 Å². The monoisotopic (exact) mass is 381 g/mol. The predicted molar refractivity (Wildman–Crippen MR) is 96.8 cm³/mol. The standard InChI is InChI=1S/C18H14N4O6/c1-10-6-7-11(22(27)28)8-14(10)19-15(23)9-21-17(24)13-5-3-2-4-12(13)16(20-21)18(25)26/h2-8H,9H2,1H3,(H,19,23)(H,25,26)/p-1. The van der Waals surface area contributed by atoms with Crippen LogP contribution in [0.1, 0.15) is 16.1 Å². The molecule has 1 heterocycles. The Morgan fingerprint density at radius 2 is 1.86 bits per heavy atom. The minimum absolute atomic E-state index is 0.0797. The SMILES string of the molecule is Cc1ccc([N+](=O)[O-])cc1NC(=O)Cn1nc(C(=O)[O-])c2ccccc2c1=O. The van der Waals surface area contributed by atoms with Gasteiger partial charge in [-0.3, -0.25) is 19.7 Å². The number of hydrogen-bond acceptors (Lipinski definition) is 7. The van der Waals surface area contributed by atoms with E-state index in [-0.39, 0.29) is 22.1 Å². The van der Waals surface area contributed by atoms with E-state index in [9.17, 15) is 29.6 Å². The van der Waals surface area contributed by atoms with Gasteiger partial charge < -0.3 is 15.2 Å². The molecule has 0 saturated heterocycles. The summed E-state index contributed by atoms with van der Waals surface area (Å²) in [4.78, 5) is 46.5. The summed E-state index contributed by atoms with van der Waals surface area (Å²) in [7, 11) is 0. The van der Waals surface area contributed by atoms with Crippen molar-refractivity contribution >= 4 is 34.0 Å². The maximum atomic E-state index is 12.5. The first-order valence-corrected chi connectivity index (χ1v) is 8.04. The number of rotatable bonds is 5. The number of aromatic carboxylic acids is 1. The fourth-order valence-electron chi connectivity index (χ4n) is 2.68. The summed E-state index contributed by atoms with van der Waals surface area (Å²) >= 11 is 0. The molecule has 1 aromatic heterocycles. The van der Waals surface area contributed by atoms with Crippen molar-refractivity contribution in [2.75, 3.05) is 5.32 Å². The zero-order chi connectivity index (χ0) is 20.4. The second-order valence-corrected chi connectivity index (χ2v) is 5.95. The molecule has 3 rings (SSSR count). The smallest absolute Gasteiger partial charge is 0.275 e. The van der Waals surface area contributed by atoms with Crippen LogP contribution in [-0.2, 0) is 11.3 Å². The number of carboxylic acid groups (broad SMARTS) is 1. The molecule has 1 N–H and O–H groups in total. The summed E-state index contributed by atoms with van der Waals surface area (Å²) in [5, 5.41) is 28.6. The van der Waals surface area contributed by atoms with Crippen molar-refractivity contribution in [3.63, 3.8) is 0 Å². The highest BCUT2D eigenvalue weighted by Crippen LogP contribution is 2.21. The summed E-state index contributed by atoms with van der Waals surface area (Å²) in [6.07, 6.45) is 0. The van der Waals surface area contributed by atoms with Crippen molar-refractivity contribution in [1.82, 2.24) is 9.78 Å². The van der Waals surface area contributed by atoms with E-state index >= 15 is 0 Å². The van der Waals surface area contributed by atoms with Crippen LogP contribution >= 0.6 is 0 Å². The van der Waals surface area contributed by atoms with Crippen molar-refractivity contribution in [3.8, 4) is 0 Å². The third-order valence-electron chi connectivity index (χ3n) is 4.06. The number of nitro groups is 1. The molecule has 0 atom stereocenters. The molecule has 0 saturated carbocycles. The number of fused-ring (bicyclic) bond motifs is 1. The van der Waals surface area contributed by atoms with Gasteiger partial charge in [-0.25, -0.2) is 4.68 Å². The average molecular weight is 381 g/mol. The molecule has 10 heteroatoms. The van der Waals surface area contributed by atoms with Crippen molar-refractivity contribution in [2.24, 2.45) is 0 Å². The number of carbonyl (C=O) groups is 2. The van der Waals surface area contributed by atoms with Crippen LogP contribution in [0.3, 0.4) is 0 Å². The van der Waals surface area contributed by atoms with Gasteiger partial charge in [0.05, 0.1) is 22.0 Å². The van der Waals surface area contributed by atoms with Crippen LogP contribution in [0.5, 0.6) is 0 Å². The number of amides is 1. The summed E-state index contributed by atoms with van der Waals surface area (Å²) in [6, 6.07) is 9.92. The molecule has 0 aliphatic carbocycles. The molecule has 0 fully saturated rings. The molecule has 0 bridgehead atoms. The Labute approximate surface area is 157 Å². The first-order chi connectivity index (χ1) is 13.3. The molecular formula is C18H13N4O6-. The van der Waals surface area contributed by atoms with Crippen LogP contribution in [0.25, 0.3) is 10.8 Å². The first-order valence-electron chi connectivity index (χ1n) is 8.04. The average Bonchev–Trinajstić information content (AvgIpc) is 2.65. The number of nitro benzene ring substituents is 1. The predicted octanol–water partition coefficient (Wildman–Crippen LogP) is 0.615. The zero-order valence-electron chi connectivity index (χ0n) is 14.5. The van der Waals surface area contributed by atoms with E-state index in [1.54, 1.807) is 19.1 Å². The van der Waals surface area contributed by atoms with Gasteiger partial charge in [0.1, 0.15) is 12.2 Å². The second kappa shape index (κ2) is 7.27. The summed E-state index contributed by atoms with van der Waals surface area (Å²) in [5.74, 6) is -2.28. The van der Waals surface area contributed by atoms with Crippen molar-refractivity contribution in [2.45, 2.75) is 13.5 Å². The van der Waals surface area contributed by atoms with Crippen molar-refractivity contribution in [1.29, 1.82) is 0 Å². The topological polar surface area (TPSA) is 147 Å². The Kier molecular flexibility index (Phi) is 4.86. The minimum Gasteiger partial charge on any atom is -0.543 e. The van der Waals surface area contributed by atoms with E-state index in [0.29, 0.717) is 5.56 Å². The molecule has 0 unspecified atom stereocenters. The molecule has 0 radical (unpaired) electrons. The van der Waals surface area contributed by atoms with Gasteiger partial charge in [-0.2, -0.15) is 5.10 Å². The number of benzene rings is 2. The summed E-state index contributed by atoms with van der Waals surface area (Å²) in [6.45, 7) is 1.07. The van der Waals surface area contributed by atoms with Gasteiger partial charge in [0.25, 0.3) is 11.2 Å². The number of anilines is 1. The van der Waals surface area contributed by atoms with Crippen LogP contribution in [0.15, 0.2) is 47.3 Å². The number of carbonyl (C=O) groups excluding carboxylic acids is 2. The Balaban J connectivity index is 1.95. The first kappa shape index (κ1) is 18.7. The third kappa shape index (κ3) is 3.56. The van der Waals surface area contributed by atoms with Crippen LogP contribution in [0, 0.1) is 17.0 Å². The normalized spacial score (nSPS) is 10.6. The molecule has 28 heavy (non-hydrogen) atoms. The lowest BCUT2D eigenvalue weighted by Crippen LogP contribution is -2.34. The number of nitrogens with zero attached hydrogens (tertiary/aromatic N) is 3. The highest BCUT2D eigenvalue weighted by molar-refractivity contribution is 6.00. The second-order valence-electron chi connectivity index (χ2n) is 5.95. The molecule has 142 valence electrons. The Hall–Kier alpha value is -4.08. The fourth-order valence-corrected chi connectivity index (χ4v) is 2.68. The molecule has 2 aromatic carbocycles. The number of non-ortho nitro benzene ring substituents is 1. The highest BCUT2D eigenvalue weighted by atomic mass is 16.6. The van der Waals surface area contributed by atoms with Gasteiger partial charge in [0.2, 0.25) is 5.91 Å². The van der Waals surface area contributed by atoms with E-state index < -0.39 is 34.6 Å². The molecular weight excluding hydrogens is 368 g/mol. The molecule has 0 aliphatic rings.